The Bertz CT molecular complexity index is 292. The number of rotatable bonds is 6. The molecule has 1 saturated heterocycles. The standard InChI is InChI=1S/C12H18O3.C3H8O/c1-2-3-4-5-6-7-8-10-9-11(13)15-12(10)14;1-3(2)4/h7-8,10H,2-6,9H2,1H3;3-4H,1-2H3. The molecule has 0 spiro atoms. The van der Waals surface area contributed by atoms with Gasteiger partial charge in [0.15, 0.2) is 0 Å². The van der Waals surface area contributed by atoms with Gasteiger partial charge in [0, 0.05) is 6.10 Å². The van der Waals surface area contributed by atoms with Gasteiger partial charge in [0.2, 0.25) is 0 Å². The number of unbranched alkanes of at least 4 members (excludes halogenated alkanes) is 4. The Kier molecular flexibility index (Phi) is 10.1. The number of aliphatic hydroxyl groups excluding tert-OH is 1. The average molecular weight is 270 g/mol. The van der Waals surface area contributed by atoms with E-state index in [1.165, 1.54) is 19.3 Å². The molecule has 1 N–H and O–H groups in total. The van der Waals surface area contributed by atoms with E-state index in [4.69, 9.17) is 5.11 Å². The van der Waals surface area contributed by atoms with Gasteiger partial charge in [-0.1, -0.05) is 38.3 Å². The molecule has 1 fully saturated rings. The fraction of sp³-hybridized carbons (Fsp3) is 0.733. The van der Waals surface area contributed by atoms with Gasteiger partial charge in [-0.2, -0.15) is 0 Å². The van der Waals surface area contributed by atoms with Crippen LogP contribution in [0.1, 0.15) is 59.3 Å². The second kappa shape index (κ2) is 10.7. The van der Waals surface area contributed by atoms with E-state index in [2.05, 4.69) is 11.7 Å². The van der Waals surface area contributed by atoms with Crippen molar-refractivity contribution in [2.45, 2.75) is 65.4 Å². The number of aliphatic hydroxyl groups is 1. The van der Waals surface area contributed by atoms with Crippen LogP contribution in [0.15, 0.2) is 12.2 Å². The summed E-state index contributed by atoms with van der Waals surface area (Å²) in [6, 6.07) is 0. The number of cyclic esters (lactones) is 2. The van der Waals surface area contributed by atoms with Gasteiger partial charge in [-0.15, -0.1) is 0 Å². The van der Waals surface area contributed by atoms with Crippen LogP contribution in [0.3, 0.4) is 0 Å². The molecule has 0 amide bonds. The first-order chi connectivity index (χ1) is 8.97. The molecule has 0 saturated carbocycles. The Labute approximate surface area is 115 Å². The highest BCUT2D eigenvalue weighted by molar-refractivity contribution is 5.95. The third-order valence-corrected chi connectivity index (χ3v) is 2.50. The zero-order chi connectivity index (χ0) is 14.7. The molecular weight excluding hydrogens is 244 g/mol. The van der Waals surface area contributed by atoms with Crippen LogP contribution in [0.25, 0.3) is 0 Å². The van der Waals surface area contributed by atoms with Gasteiger partial charge < -0.3 is 9.84 Å². The minimum absolute atomic E-state index is 0.167. The summed E-state index contributed by atoms with van der Waals surface area (Å²) in [5, 5.41) is 8.06. The summed E-state index contributed by atoms with van der Waals surface area (Å²) >= 11 is 0. The van der Waals surface area contributed by atoms with Gasteiger partial charge >= 0.3 is 11.9 Å². The van der Waals surface area contributed by atoms with Crippen LogP contribution in [0.2, 0.25) is 0 Å². The lowest BCUT2D eigenvalue weighted by Gasteiger charge is -1.96. The Morgan fingerprint density at radius 1 is 1.32 bits per heavy atom. The summed E-state index contributed by atoms with van der Waals surface area (Å²) in [5.41, 5.74) is 0. The van der Waals surface area contributed by atoms with Crippen LogP contribution in [0, 0.1) is 5.92 Å². The van der Waals surface area contributed by atoms with Crippen molar-refractivity contribution in [2.75, 3.05) is 0 Å². The molecule has 4 heteroatoms. The predicted molar refractivity (Wildman–Crippen MR) is 74.5 cm³/mol. The Morgan fingerprint density at radius 2 is 1.95 bits per heavy atom. The molecule has 0 aliphatic carbocycles. The van der Waals surface area contributed by atoms with Crippen molar-refractivity contribution >= 4 is 11.9 Å². The van der Waals surface area contributed by atoms with Crippen LogP contribution in [0.4, 0.5) is 0 Å². The summed E-state index contributed by atoms with van der Waals surface area (Å²) in [4.78, 5) is 21.8. The summed E-state index contributed by atoms with van der Waals surface area (Å²) in [5.74, 6) is -1.13. The molecule has 0 aromatic carbocycles. The van der Waals surface area contributed by atoms with E-state index in [0.29, 0.717) is 0 Å². The molecule has 4 nitrogen and oxygen atoms in total. The van der Waals surface area contributed by atoms with E-state index in [1.54, 1.807) is 19.9 Å². The highest BCUT2D eigenvalue weighted by Gasteiger charge is 2.30. The molecule has 19 heavy (non-hydrogen) atoms. The maximum atomic E-state index is 11.1. The smallest absolute Gasteiger partial charge is 0.321 e. The van der Waals surface area contributed by atoms with Gasteiger partial charge in [0.05, 0.1) is 12.3 Å². The normalized spacial score (nSPS) is 18.7. The second-order valence-corrected chi connectivity index (χ2v) is 4.97. The summed E-state index contributed by atoms with van der Waals surface area (Å²) in [6.45, 7) is 5.62. The van der Waals surface area contributed by atoms with Gasteiger partial charge in [0.1, 0.15) is 0 Å². The zero-order valence-electron chi connectivity index (χ0n) is 12.2. The van der Waals surface area contributed by atoms with Gasteiger partial charge in [-0.05, 0) is 26.7 Å². The SMILES string of the molecule is CC(C)O.CCCCCCC=CC1CC(=O)OC1=O. The highest BCUT2D eigenvalue weighted by atomic mass is 16.6. The van der Waals surface area contributed by atoms with Gasteiger partial charge in [-0.25, -0.2) is 0 Å². The minimum atomic E-state index is -0.402. The second-order valence-electron chi connectivity index (χ2n) is 4.97. The first-order valence-corrected chi connectivity index (χ1v) is 7.06. The first kappa shape index (κ1) is 17.8. The fourth-order valence-corrected chi connectivity index (χ4v) is 1.59. The fourth-order valence-electron chi connectivity index (χ4n) is 1.59. The molecule has 110 valence electrons. The van der Waals surface area contributed by atoms with Crippen LogP contribution in [-0.2, 0) is 14.3 Å². The summed E-state index contributed by atoms with van der Waals surface area (Å²) in [6.07, 6.45) is 9.70. The van der Waals surface area contributed by atoms with Crippen molar-refractivity contribution in [1.82, 2.24) is 0 Å². The summed E-state index contributed by atoms with van der Waals surface area (Å²) in [7, 11) is 0. The maximum Gasteiger partial charge on any atom is 0.321 e. The zero-order valence-corrected chi connectivity index (χ0v) is 12.2. The predicted octanol–water partition coefficient (Wildman–Crippen LogP) is 2.99. The van der Waals surface area contributed by atoms with Crippen LogP contribution in [0.5, 0.6) is 0 Å². The molecule has 1 unspecified atom stereocenters. The number of carbonyl (C=O) groups is 2. The van der Waals surface area contributed by atoms with Gasteiger partial charge in [0.25, 0.3) is 0 Å². The van der Waals surface area contributed by atoms with Gasteiger partial charge in [-0.3, -0.25) is 9.59 Å². The number of carbonyl (C=O) groups excluding carboxylic acids is 2. The third kappa shape index (κ3) is 10.4. The number of hydrogen-bond donors (Lipinski definition) is 1. The van der Waals surface area contributed by atoms with Crippen molar-refractivity contribution in [3.05, 3.63) is 12.2 Å². The number of hydrogen-bond acceptors (Lipinski definition) is 4. The minimum Gasteiger partial charge on any atom is -0.394 e. The molecule has 0 aromatic rings. The van der Waals surface area contributed by atoms with E-state index in [1.807, 2.05) is 6.08 Å². The van der Waals surface area contributed by atoms with E-state index in [0.717, 1.165) is 12.8 Å². The third-order valence-electron chi connectivity index (χ3n) is 2.50. The number of allylic oxidation sites excluding steroid dienone is 1. The average Bonchev–Trinajstić information content (AvgIpc) is 2.61. The topological polar surface area (TPSA) is 63.6 Å². The monoisotopic (exact) mass is 270 g/mol. The Balaban J connectivity index is 0.000000711. The molecule has 1 aliphatic rings. The van der Waals surface area contributed by atoms with Crippen molar-refractivity contribution < 1.29 is 19.4 Å². The quantitative estimate of drug-likeness (QED) is 0.349. The molecule has 1 aliphatic heterocycles. The lowest BCUT2D eigenvalue weighted by atomic mass is 10.1. The first-order valence-electron chi connectivity index (χ1n) is 7.06. The Morgan fingerprint density at radius 3 is 2.42 bits per heavy atom. The van der Waals surface area contributed by atoms with E-state index in [-0.39, 0.29) is 18.4 Å². The lowest BCUT2D eigenvalue weighted by Crippen LogP contribution is -2.03. The largest absolute Gasteiger partial charge is 0.394 e. The highest BCUT2D eigenvalue weighted by Crippen LogP contribution is 2.17. The van der Waals surface area contributed by atoms with Crippen molar-refractivity contribution in [3.63, 3.8) is 0 Å². The van der Waals surface area contributed by atoms with E-state index < -0.39 is 11.9 Å². The Hall–Kier alpha value is -1.16. The molecule has 1 rings (SSSR count). The van der Waals surface area contributed by atoms with E-state index >= 15 is 0 Å². The van der Waals surface area contributed by atoms with Crippen LogP contribution < -0.4 is 0 Å². The summed E-state index contributed by atoms with van der Waals surface area (Å²) < 4.78 is 4.44. The molecular formula is C15H26O4. The number of esters is 2. The molecule has 1 heterocycles. The number of ether oxygens (including phenoxy) is 1. The van der Waals surface area contributed by atoms with Crippen molar-refractivity contribution in [1.29, 1.82) is 0 Å². The van der Waals surface area contributed by atoms with E-state index in [9.17, 15) is 9.59 Å². The molecule has 0 radical (unpaired) electrons. The van der Waals surface area contributed by atoms with Crippen molar-refractivity contribution in [3.8, 4) is 0 Å². The lowest BCUT2D eigenvalue weighted by molar-refractivity contribution is -0.152. The molecule has 1 atom stereocenters. The molecule has 0 aromatic heterocycles. The van der Waals surface area contributed by atoms with Crippen molar-refractivity contribution in [2.24, 2.45) is 5.92 Å². The van der Waals surface area contributed by atoms with Crippen LogP contribution in [-0.4, -0.2) is 23.1 Å². The maximum absolute atomic E-state index is 11.1. The van der Waals surface area contributed by atoms with Crippen LogP contribution >= 0.6 is 0 Å². The molecule has 0 bridgehead atoms.